The van der Waals surface area contributed by atoms with Gasteiger partial charge < -0.3 is 31.5 Å². The monoisotopic (exact) mass is 639 g/mol. The lowest BCUT2D eigenvalue weighted by atomic mass is 9.91. The van der Waals surface area contributed by atoms with Crippen LogP contribution in [0.1, 0.15) is 85.4 Å². The molecule has 0 radical (unpaired) electrons. The number of rotatable bonds is 19. The first kappa shape index (κ1) is 39.0. The Kier molecular flexibility index (Phi) is 16.5. The van der Waals surface area contributed by atoms with Crippen molar-refractivity contribution in [2.24, 2.45) is 29.6 Å². The number of nitrogens with zero attached hydrogens (tertiary/aromatic N) is 1. The second kappa shape index (κ2) is 18.7. The van der Waals surface area contributed by atoms with E-state index in [4.69, 9.17) is 0 Å². The third-order valence-electron chi connectivity index (χ3n) is 7.10. The lowest BCUT2D eigenvalue weighted by molar-refractivity contribution is -0.141. The van der Waals surface area contributed by atoms with Crippen molar-refractivity contribution < 1.29 is 34.2 Å². The topological polar surface area (TPSA) is 187 Å². The third kappa shape index (κ3) is 14.1. The number of hydrogen-bond donors (Lipinski definition) is 6. The van der Waals surface area contributed by atoms with Crippen LogP contribution in [0.3, 0.4) is 0 Å². The summed E-state index contributed by atoms with van der Waals surface area (Å²) in [5.74, 6) is -4.27. The van der Waals surface area contributed by atoms with E-state index in [1.165, 1.54) is 11.3 Å². The first-order chi connectivity index (χ1) is 20.4. The summed E-state index contributed by atoms with van der Waals surface area (Å²) < 4.78 is 0. The van der Waals surface area contributed by atoms with E-state index < -0.39 is 66.2 Å². The van der Waals surface area contributed by atoms with Crippen LogP contribution in [0, 0.1) is 36.5 Å². The van der Waals surface area contributed by atoms with E-state index in [0.717, 1.165) is 10.7 Å². The van der Waals surface area contributed by atoms with Crippen LogP contribution in [0.25, 0.3) is 0 Å². The molecule has 0 aliphatic heterocycles. The molecule has 6 unspecified atom stereocenters. The van der Waals surface area contributed by atoms with Crippen molar-refractivity contribution in [3.8, 4) is 0 Å². The summed E-state index contributed by atoms with van der Waals surface area (Å²) in [5, 5.41) is 34.1. The highest BCUT2D eigenvalue weighted by Crippen LogP contribution is 2.18. The van der Waals surface area contributed by atoms with Crippen LogP contribution >= 0.6 is 11.3 Å². The number of hydrogen-bond acceptors (Lipinski definition) is 8. The van der Waals surface area contributed by atoms with Crippen LogP contribution in [0.15, 0.2) is 5.38 Å². The molecule has 1 rings (SSSR count). The molecule has 0 fully saturated rings. The van der Waals surface area contributed by atoms with Gasteiger partial charge in [-0.2, -0.15) is 0 Å². The second-order valence-electron chi connectivity index (χ2n) is 13.0. The summed E-state index contributed by atoms with van der Waals surface area (Å²) in [6.07, 6.45) is -1.11. The number of aromatic nitrogens is 1. The molecule has 0 aliphatic carbocycles. The Morgan fingerprint density at radius 3 is 1.93 bits per heavy atom. The van der Waals surface area contributed by atoms with Crippen molar-refractivity contribution in [1.82, 2.24) is 26.3 Å². The second-order valence-corrected chi connectivity index (χ2v) is 13.9. The van der Waals surface area contributed by atoms with Crippen molar-refractivity contribution in [2.75, 3.05) is 6.54 Å². The summed E-state index contributed by atoms with van der Waals surface area (Å²) >= 11 is 1.42. The lowest BCUT2D eigenvalue weighted by Gasteiger charge is -2.30. The minimum absolute atomic E-state index is 0.0118. The van der Waals surface area contributed by atoms with Crippen LogP contribution in [-0.4, -0.2) is 75.6 Å². The maximum absolute atomic E-state index is 13.3. The third-order valence-corrected chi connectivity index (χ3v) is 8.09. The molecule has 6 atom stereocenters. The molecule has 1 heterocycles. The van der Waals surface area contributed by atoms with Crippen LogP contribution in [0.2, 0.25) is 0 Å². The summed E-state index contributed by atoms with van der Waals surface area (Å²) in [4.78, 5) is 67.8. The van der Waals surface area contributed by atoms with Gasteiger partial charge in [0.05, 0.1) is 23.6 Å². The van der Waals surface area contributed by atoms with E-state index in [1.807, 2.05) is 53.8 Å². The Bertz CT molecular complexity index is 1110. The first-order valence-electron chi connectivity index (χ1n) is 15.4. The van der Waals surface area contributed by atoms with Gasteiger partial charge in [-0.1, -0.05) is 55.4 Å². The minimum atomic E-state index is -1.36. The van der Waals surface area contributed by atoms with Crippen molar-refractivity contribution in [2.45, 2.75) is 112 Å². The normalized spacial score (nSPS) is 15.7. The molecular formula is C31H53N5O7S. The number of carboxylic acid groups (broad SMARTS) is 1. The van der Waals surface area contributed by atoms with Crippen LogP contribution < -0.4 is 21.3 Å². The van der Waals surface area contributed by atoms with Crippen LogP contribution in [0.5, 0.6) is 0 Å². The van der Waals surface area contributed by atoms with Gasteiger partial charge in [0.15, 0.2) is 0 Å². The summed E-state index contributed by atoms with van der Waals surface area (Å²) in [6.45, 7) is 17.1. The van der Waals surface area contributed by atoms with Crippen LogP contribution in [0.4, 0.5) is 0 Å². The molecule has 4 amide bonds. The molecule has 0 saturated carbocycles. The zero-order valence-corrected chi connectivity index (χ0v) is 28.4. The maximum Gasteiger partial charge on any atom is 0.305 e. The van der Waals surface area contributed by atoms with E-state index in [0.29, 0.717) is 19.4 Å². The molecule has 13 heteroatoms. The minimum Gasteiger partial charge on any atom is -0.481 e. The highest BCUT2D eigenvalue weighted by molar-refractivity contribution is 7.09. The van der Waals surface area contributed by atoms with Crippen molar-refractivity contribution >= 4 is 40.9 Å². The number of amides is 4. The Balaban J connectivity index is 2.94. The zero-order chi connectivity index (χ0) is 33.7. The van der Waals surface area contributed by atoms with Crippen molar-refractivity contribution in [1.29, 1.82) is 0 Å². The van der Waals surface area contributed by atoms with Gasteiger partial charge in [-0.15, -0.1) is 11.3 Å². The quantitative estimate of drug-likeness (QED) is 0.133. The van der Waals surface area contributed by atoms with Gasteiger partial charge in [0, 0.05) is 35.9 Å². The standard InChI is InChI=1S/C31H53N5O7S/c1-16(2)10-22(24(37)11-19(7)29(41)36-27(18(5)6)31(43)32-14-17(3)4)34-30(42)23(13-26(38)39)35-28(40)20(8)12-25-33-21(9)15-44-25/h15-20,22-24,27,37H,10-14H2,1-9H3,(H,32,43)(H,34,42)(H,35,40)(H,36,41)(H,38,39). The fourth-order valence-corrected chi connectivity index (χ4v) is 5.43. The molecule has 6 N–H and O–H groups in total. The Hall–Kier alpha value is -3.06. The van der Waals surface area contributed by atoms with Crippen LogP contribution in [-0.2, 0) is 30.4 Å². The smallest absolute Gasteiger partial charge is 0.305 e. The number of carboxylic acids is 1. The lowest BCUT2D eigenvalue weighted by Crippen LogP contribution is -2.55. The van der Waals surface area contributed by atoms with Crippen molar-refractivity contribution in [3.63, 3.8) is 0 Å². The van der Waals surface area contributed by atoms with E-state index in [9.17, 15) is 34.2 Å². The summed E-state index contributed by atoms with van der Waals surface area (Å²) in [6, 6.07) is -2.91. The van der Waals surface area contributed by atoms with E-state index in [2.05, 4.69) is 26.3 Å². The van der Waals surface area contributed by atoms with Gasteiger partial charge in [-0.05, 0) is 37.5 Å². The number of aryl methyl sites for hydroxylation is 1. The van der Waals surface area contributed by atoms with Gasteiger partial charge in [-0.25, -0.2) is 4.98 Å². The fraction of sp³-hybridized carbons (Fsp3) is 0.742. The number of aliphatic hydroxyl groups is 1. The first-order valence-corrected chi connectivity index (χ1v) is 16.3. The van der Waals surface area contributed by atoms with Gasteiger partial charge in [0.2, 0.25) is 23.6 Å². The largest absolute Gasteiger partial charge is 0.481 e. The Morgan fingerprint density at radius 2 is 1.43 bits per heavy atom. The van der Waals surface area contributed by atoms with E-state index in [1.54, 1.807) is 13.8 Å². The number of carbonyl (C=O) groups is 5. The average Bonchev–Trinajstić information content (AvgIpc) is 3.32. The molecule has 250 valence electrons. The Morgan fingerprint density at radius 1 is 0.818 bits per heavy atom. The predicted molar refractivity (Wildman–Crippen MR) is 170 cm³/mol. The number of thiazole rings is 1. The van der Waals surface area contributed by atoms with Gasteiger partial charge in [-0.3, -0.25) is 24.0 Å². The molecule has 12 nitrogen and oxygen atoms in total. The van der Waals surface area contributed by atoms with Crippen molar-refractivity contribution in [3.05, 3.63) is 16.1 Å². The SMILES string of the molecule is Cc1csc(CC(C)C(=O)NC(CC(=O)O)C(=O)NC(CC(C)C)C(O)CC(C)C(=O)NC(C(=O)NCC(C)C)C(C)C)n1. The highest BCUT2D eigenvalue weighted by atomic mass is 32.1. The molecule has 0 bridgehead atoms. The van der Waals surface area contributed by atoms with Gasteiger partial charge >= 0.3 is 5.97 Å². The summed E-state index contributed by atoms with van der Waals surface area (Å²) in [5.41, 5.74) is 0.842. The number of carbonyl (C=O) groups excluding carboxylic acids is 4. The molecule has 1 aromatic heterocycles. The molecule has 1 aromatic rings. The molecular weight excluding hydrogens is 586 g/mol. The molecule has 0 spiro atoms. The average molecular weight is 640 g/mol. The van der Waals surface area contributed by atoms with Gasteiger partial charge in [0.1, 0.15) is 12.1 Å². The predicted octanol–water partition coefficient (Wildman–Crippen LogP) is 2.42. The summed E-state index contributed by atoms with van der Waals surface area (Å²) in [7, 11) is 0. The highest BCUT2D eigenvalue weighted by Gasteiger charge is 2.33. The molecule has 44 heavy (non-hydrogen) atoms. The van der Waals surface area contributed by atoms with Gasteiger partial charge in [0.25, 0.3) is 0 Å². The molecule has 0 saturated heterocycles. The van der Waals surface area contributed by atoms with E-state index in [-0.39, 0.29) is 30.1 Å². The number of nitrogens with one attached hydrogen (secondary N) is 4. The molecule has 0 aromatic carbocycles. The Labute approximate surface area is 265 Å². The maximum atomic E-state index is 13.3. The van der Waals surface area contributed by atoms with E-state index >= 15 is 0 Å². The number of aliphatic carboxylic acids is 1. The fourth-order valence-electron chi connectivity index (χ4n) is 4.53. The number of aliphatic hydroxyl groups excluding tert-OH is 1. The zero-order valence-electron chi connectivity index (χ0n) is 27.6. The molecule has 0 aliphatic rings.